The van der Waals surface area contributed by atoms with Gasteiger partial charge in [0.1, 0.15) is 11.9 Å². The lowest BCUT2D eigenvalue weighted by atomic mass is 10.1. The van der Waals surface area contributed by atoms with E-state index < -0.39 is 0 Å². The van der Waals surface area contributed by atoms with Crippen LogP contribution >= 0.6 is 24.0 Å². The first kappa shape index (κ1) is 23.2. The highest BCUT2D eigenvalue weighted by Crippen LogP contribution is 2.18. The van der Waals surface area contributed by atoms with Crippen LogP contribution in [0.15, 0.2) is 53.7 Å². The summed E-state index contributed by atoms with van der Waals surface area (Å²) in [7, 11) is 1.75. The summed E-state index contributed by atoms with van der Waals surface area (Å²) in [5.41, 5.74) is 0. The lowest BCUT2D eigenvalue weighted by Gasteiger charge is -2.33. The van der Waals surface area contributed by atoms with Crippen molar-refractivity contribution >= 4 is 35.8 Å². The Labute approximate surface area is 189 Å². The monoisotopic (exact) mass is 513 g/mol. The number of hydrogen-bond donors (Lipinski definition) is 2. The van der Waals surface area contributed by atoms with Crippen molar-refractivity contribution in [2.75, 3.05) is 31.6 Å². The van der Waals surface area contributed by atoms with Crippen LogP contribution in [0.3, 0.4) is 0 Å². The van der Waals surface area contributed by atoms with Crippen LogP contribution < -0.4 is 20.3 Å². The molecule has 0 aliphatic carbocycles. The third-order valence-corrected chi connectivity index (χ3v) is 4.75. The van der Waals surface area contributed by atoms with E-state index in [-0.39, 0.29) is 41.6 Å². The van der Waals surface area contributed by atoms with Gasteiger partial charge in [-0.05, 0) is 44.0 Å². The summed E-state index contributed by atoms with van der Waals surface area (Å²) < 4.78 is 19.3. The van der Waals surface area contributed by atoms with E-state index in [9.17, 15) is 4.39 Å². The van der Waals surface area contributed by atoms with Gasteiger partial charge in [-0.25, -0.2) is 9.37 Å². The van der Waals surface area contributed by atoms with Crippen molar-refractivity contribution in [3.8, 4) is 5.75 Å². The third-order valence-electron chi connectivity index (χ3n) is 4.75. The predicted molar refractivity (Wildman–Crippen MR) is 126 cm³/mol. The van der Waals surface area contributed by atoms with E-state index >= 15 is 0 Å². The molecule has 8 heteroatoms. The van der Waals surface area contributed by atoms with Gasteiger partial charge in [0.05, 0.1) is 6.54 Å². The van der Waals surface area contributed by atoms with Crippen molar-refractivity contribution < 1.29 is 9.13 Å². The summed E-state index contributed by atoms with van der Waals surface area (Å²) in [6.07, 6.45) is 3.66. The lowest BCUT2D eigenvalue weighted by Crippen LogP contribution is -2.50. The first-order chi connectivity index (χ1) is 13.7. The molecule has 1 aliphatic rings. The third kappa shape index (κ3) is 7.02. The molecule has 2 aromatic rings. The molecule has 1 atom stereocenters. The molecule has 1 saturated heterocycles. The van der Waals surface area contributed by atoms with Crippen LogP contribution in [0.5, 0.6) is 5.75 Å². The normalized spacial score (nSPS) is 16.0. The molecule has 0 amide bonds. The van der Waals surface area contributed by atoms with E-state index in [2.05, 4.69) is 25.5 Å². The maximum Gasteiger partial charge on any atom is 0.191 e. The van der Waals surface area contributed by atoms with Crippen molar-refractivity contribution in [1.29, 1.82) is 0 Å². The van der Waals surface area contributed by atoms with Gasteiger partial charge in [-0.15, -0.1) is 24.0 Å². The Morgan fingerprint density at radius 2 is 1.97 bits per heavy atom. The van der Waals surface area contributed by atoms with Crippen molar-refractivity contribution in [2.24, 2.45) is 4.99 Å². The van der Waals surface area contributed by atoms with Gasteiger partial charge in [0.15, 0.2) is 17.5 Å². The summed E-state index contributed by atoms with van der Waals surface area (Å²) in [5, 5.41) is 6.74. The summed E-state index contributed by atoms with van der Waals surface area (Å²) in [6, 6.07) is 12.8. The molecule has 29 heavy (non-hydrogen) atoms. The van der Waals surface area contributed by atoms with E-state index in [0.29, 0.717) is 12.6 Å². The zero-order chi connectivity index (χ0) is 19.8. The molecule has 1 unspecified atom stereocenters. The molecule has 1 aliphatic heterocycles. The molecule has 2 N–H and O–H groups in total. The quantitative estimate of drug-likeness (QED) is 0.352. The molecule has 0 radical (unpaired) electrons. The number of ether oxygens (including phenoxy) is 1. The molecule has 1 fully saturated rings. The summed E-state index contributed by atoms with van der Waals surface area (Å²) in [5.74, 6) is 1.68. The van der Waals surface area contributed by atoms with Gasteiger partial charge < -0.3 is 20.3 Å². The molecule has 1 aromatic carbocycles. The van der Waals surface area contributed by atoms with Crippen LogP contribution in [0.2, 0.25) is 0 Å². The largest absolute Gasteiger partial charge is 0.486 e. The maximum absolute atomic E-state index is 13.7. The number of rotatable bonds is 6. The zero-order valence-electron chi connectivity index (χ0n) is 16.8. The molecule has 0 bridgehead atoms. The highest BCUT2D eigenvalue weighted by atomic mass is 127. The summed E-state index contributed by atoms with van der Waals surface area (Å²) in [4.78, 5) is 11.0. The van der Waals surface area contributed by atoms with Crippen LogP contribution in [0.25, 0.3) is 0 Å². The second kappa shape index (κ2) is 11.8. The Bertz CT molecular complexity index is 769. The number of aliphatic imine (C=N–C) groups is 1. The minimum atomic E-state index is -0.350. The topological polar surface area (TPSA) is 61.8 Å². The molecule has 6 nitrogen and oxygen atoms in total. The maximum atomic E-state index is 13.7. The molecule has 1 aromatic heterocycles. The molecule has 2 heterocycles. The molecular weight excluding hydrogens is 484 g/mol. The van der Waals surface area contributed by atoms with E-state index in [1.54, 1.807) is 25.2 Å². The number of pyridine rings is 1. The number of nitrogens with one attached hydrogen (secondary N) is 2. The fraction of sp³-hybridized carbons (Fsp3) is 0.429. The van der Waals surface area contributed by atoms with Gasteiger partial charge in [-0.3, -0.25) is 4.99 Å². The van der Waals surface area contributed by atoms with Crippen LogP contribution in [0, 0.1) is 5.82 Å². The number of piperidine rings is 1. The SMILES string of the molecule is CN=C(NCC(C)Oc1ccccc1F)NC1CCN(c2ccccn2)CC1.I. The Morgan fingerprint density at radius 1 is 1.24 bits per heavy atom. The average molecular weight is 513 g/mol. The first-order valence-corrected chi connectivity index (χ1v) is 9.70. The number of hydrogen-bond acceptors (Lipinski definition) is 4. The highest BCUT2D eigenvalue weighted by molar-refractivity contribution is 14.0. The fourth-order valence-corrected chi connectivity index (χ4v) is 3.22. The van der Waals surface area contributed by atoms with Crippen molar-refractivity contribution in [3.05, 3.63) is 54.5 Å². The minimum absolute atomic E-state index is 0. The van der Waals surface area contributed by atoms with Gasteiger partial charge in [0, 0.05) is 32.4 Å². The molecule has 0 spiro atoms. The Balaban J connectivity index is 0.00000300. The smallest absolute Gasteiger partial charge is 0.191 e. The van der Waals surface area contributed by atoms with Crippen LogP contribution in [-0.2, 0) is 0 Å². The lowest BCUT2D eigenvalue weighted by molar-refractivity contribution is 0.214. The van der Waals surface area contributed by atoms with E-state index in [1.165, 1.54) is 6.07 Å². The van der Waals surface area contributed by atoms with Gasteiger partial charge >= 0.3 is 0 Å². The van der Waals surface area contributed by atoms with Gasteiger partial charge in [0.25, 0.3) is 0 Å². The first-order valence-electron chi connectivity index (χ1n) is 9.70. The fourth-order valence-electron chi connectivity index (χ4n) is 3.22. The summed E-state index contributed by atoms with van der Waals surface area (Å²) in [6.45, 7) is 4.34. The van der Waals surface area contributed by atoms with Crippen LogP contribution in [-0.4, -0.2) is 49.8 Å². The van der Waals surface area contributed by atoms with Gasteiger partial charge in [-0.1, -0.05) is 18.2 Å². The highest BCUT2D eigenvalue weighted by Gasteiger charge is 2.21. The van der Waals surface area contributed by atoms with E-state index in [0.717, 1.165) is 37.7 Å². The van der Waals surface area contributed by atoms with E-state index in [4.69, 9.17) is 4.74 Å². The Hall–Kier alpha value is -2.10. The number of halogens is 2. The number of aromatic nitrogens is 1. The number of benzene rings is 1. The number of nitrogens with zero attached hydrogens (tertiary/aromatic N) is 3. The van der Waals surface area contributed by atoms with Crippen molar-refractivity contribution in [1.82, 2.24) is 15.6 Å². The van der Waals surface area contributed by atoms with Gasteiger partial charge in [-0.2, -0.15) is 0 Å². The standard InChI is InChI=1S/C21H28FN5O.HI/c1-16(28-19-8-4-3-7-18(19)22)15-25-21(23-2)26-17-10-13-27(14-11-17)20-9-5-6-12-24-20;/h3-9,12,16-17H,10-11,13-15H2,1-2H3,(H2,23,25,26);1H. The Kier molecular flexibility index (Phi) is 9.43. The molecule has 158 valence electrons. The number of anilines is 1. The van der Waals surface area contributed by atoms with Gasteiger partial charge in [0.2, 0.25) is 0 Å². The van der Waals surface area contributed by atoms with Crippen LogP contribution in [0.1, 0.15) is 19.8 Å². The summed E-state index contributed by atoms with van der Waals surface area (Å²) >= 11 is 0. The molecular formula is C21H29FIN5O. The zero-order valence-corrected chi connectivity index (χ0v) is 19.2. The second-order valence-electron chi connectivity index (χ2n) is 6.91. The second-order valence-corrected chi connectivity index (χ2v) is 6.91. The minimum Gasteiger partial charge on any atom is -0.486 e. The van der Waals surface area contributed by atoms with Crippen molar-refractivity contribution in [3.63, 3.8) is 0 Å². The van der Waals surface area contributed by atoms with Crippen LogP contribution in [0.4, 0.5) is 10.2 Å². The molecule has 0 saturated carbocycles. The van der Waals surface area contributed by atoms with Crippen molar-refractivity contribution in [2.45, 2.75) is 31.9 Å². The average Bonchev–Trinajstić information content (AvgIpc) is 2.74. The number of guanidine groups is 1. The Morgan fingerprint density at radius 3 is 2.62 bits per heavy atom. The number of para-hydroxylation sites is 1. The van der Waals surface area contributed by atoms with E-state index in [1.807, 2.05) is 31.3 Å². The molecule has 3 rings (SSSR count). The predicted octanol–water partition coefficient (Wildman–Crippen LogP) is 3.44.